The van der Waals surface area contributed by atoms with Gasteiger partial charge in [-0.15, -0.1) is 0 Å². The molecule has 0 unspecified atom stereocenters. The number of hydrogen-bond donors (Lipinski definition) is 0. The molecule has 0 saturated carbocycles. The summed E-state index contributed by atoms with van der Waals surface area (Å²) in [5.41, 5.74) is 2.85. The van der Waals surface area contributed by atoms with Crippen molar-refractivity contribution < 1.29 is 0 Å². The van der Waals surface area contributed by atoms with Crippen LogP contribution < -0.4 is 4.90 Å². The predicted octanol–water partition coefficient (Wildman–Crippen LogP) is 3.62. The molecule has 0 aromatic heterocycles. The van der Waals surface area contributed by atoms with Crippen LogP contribution in [0.3, 0.4) is 0 Å². The van der Waals surface area contributed by atoms with E-state index in [4.69, 9.17) is 0 Å². The van der Waals surface area contributed by atoms with E-state index in [1.807, 2.05) is 0 Å². The Kier molecular flexibility index (Phi) is 3.30. The van der Waals surface area contributed by atoms with Gasteiger partial charge in [0.2, 0.25) is 0 Å². The maximum atomic E-state index is 2.54. The second-order valence-electron chi connectivity index (χ2n) is 4.63. The Morgan fingerprint density at radius 2 is 1.87 bits per heavy atom. The van der Waals surface area contributed by atoms with E-state index in [9.17, 15) is 0 Å². The molecule has 1 aromatic carbocycles. The van der Waals surface area contributed by atoms with E-state index < -0.39 is 0 Å². The van der Waals surface area contributed by atoms with Crippen molar-refractivity contribution >= 4 is 5.69 Å². The van der Waals surface area contributed by atoms with E-state index in [-0.39, 0.29) is 0 Å². The van der Waals surface area contributed by atoms with Gasteiger partial charge in [-0.1, -0.05) is 31.5 Å². The van der Waals surface area contributed by atoms with Crippen LogP contribution in [0.25, 0.3) is 0 Å². The number of para-hydroxylation sites is 1. The van der Waals surface area contributed by atoms with Crippen LogP contribution in [0.1, 0.15) is 31.7 Å². The van der Waals surface area contributed by atoms with Crippen molar-refractivity contribution in [3.63, 3.8) is 0 Å². The molecule has 0 spiro atoms. The number of nitrogens with zero attached hydrogens (tertiary/aromatic N) is 1. The Balaban J connectivity index is 2.04. The van der Waals surface area contributed by atoms with E-state index in [0.717, 1.165) is 5.92 Å². The third-order valence-corrected chi connectivity index (χ3v) is 3.65. The van der Waals surface area contributed by atoms with Crippen LogP contribution in [-0.2, 0) is 0 Å². The lowest BCUT2D eigenvalue weighted by molar-refractivity contribution is 0.395. The molecule has 0 bridgehead atoms. The minimum Gasteiger partial charge on any atom is -0.371 e. The summed E-state index contributed by atoms with van der Waals surface area (Å²) in [7, 11) is 0. The Labute approximate surface area is 93.1 Å². The SMILES string of the molecule is CCC1CCN(c2ccccc2C)CC1. The number of rotatable bonds is 2. The zero-order valence-electron chi connectivity index (χ0n) is 9.87. The summed E-state index contributed by atoms with van der Waals surface area (Å²) >= 11 is 0. The van der Waals surface area contributed by atoms with Crippen molar-refractivity contribution in [1.29, 1.82) is 0 Å². The maximum absolute atomic E-state index is 2.54. The molecule has 0 N–H and O–H groups in total. The zero-order valence-corrected chi connectivity index (χ0v) is 9.87. The molecule has 1 heteroatoms. The Bertz CT molecular complexity index is 311. The number of benzene rings is 1. The molecule has 1 aromatic rings. The van der Waals surface area contributed by atoms with Crippen molar-refractivity contribution in [2.45, 2.75) is 33.1 Å². The summed E-state index contributed by atoms with van der Waals surface area (Å²) in [5.74, 6) is 0.963. The average Bonchev–Trinajstić information content (AvgIpc) is 2.30. The lowest BCUT2D eigenvalue weighted by Gasteiger charge is -2.34. The molecule has 1 nitrogen and oxygen atoms in total. The summed E-state index contributed by atoms with van der Waals surface area (Å²) in [5, 5.41) is 0. The smallest absolute Gasteiger partial charge is 0.0395 e. The summed E-state index contributed by atoms with van der Waals surface area (Å²) < 4.78 is 0. The number of piperidine rings is 1. The second-order valence-corrected chi connectivity index (χ2v) is 4.63. The molecule has 0 radical (unpaired) electrons. The fraction of sp³-hybridized carbons (Fsp3) is 0.571. The highest BCUT2D eigenvalue weighted by Crippen LogP contribution is 2.26. The van der Waals surface area contributed by atoms with Crippen molar-refractivity contribution in [2.24, 2.45) is 5.92 Å². The fourth-order valence-corrected chi connectivity index (χ4v) is 2.50. The van der Waals surface area contributed by atoms with Gasteiger partial charge < -0.3 is 4.90 Å². The van der Waals surface area contributed by atoms with Gasteiger partial charge in [0.15, 0.2) is 0 Å². The van der Waals surface area contributed by atoms with Gasteiger partial charge >= 0.3 is 0 Å². The van der Waals surface area contributed by atoms with Crippen molar-refractivity contribution in [1.82, 2.24) is 0 Å². The molecule has 1 aliphatic heterocycles. The monoisotopic (exact) mass is 203 g/mol. The predicted molar refractivity (Wildman–Crippen MR) is 66.4 cm³/mol. The number of anilines is 1. The normalized spacial score (nSPS) is 18.1. The van der Waals surface area contributed by atoms with Gasteiger partial charge in [0.25, 0.3) is 0 Å². The molecular formula is C14H21N. The third-order valence-electron chi connectivity index (χ3n) is 3.65. The van der Waals surface area contributed by atoms with Crippen molar-refractivity contribution in [2.75, 3.05) is 18.0 Å². The van der Waals surface area contributed by atoms with Crippen LogP contribution in [0, 0.1) is 12.8 Å². The first-order valence-corrected chi connectivity index (χ1v) is 6.12. The highest BCUT2D eigenvalue weighted by molar-refractivity contribution is 5.53. The summed E-state index contributed by atoms with van der Waals surface area (Å²) in [4.78, 5) is 2.54. The quantitative estimate of drug-likeness (QED) is 0.709. The largest absolute Gasteiger partial charge is 0.371 e. The van der Waals surface area contributed by atoms with E-state index >= 15 is 0 Å². The fourth-order valence-electron chi connectivity index (χ4n) is 2.50. The first-order chi connectivity index (χ1) is 7.31. The lowest BCUT2D eigenvalue weighted by Crippen LogP contribution is -2.33. The number of hydrogen-bond acceptors (Lipinski definition) is 1. The van der Waals surface area contributed by atoms with Crippen LogP contribution in [-0.4, -0.2) is 13.1 Å². The highest BCUT2D eigenvalue weighted by atomic mass is 15.1. The van der Waals surface area contributed by atoms with Crippen molar-refractivity contribution in [3.8, 4) is 0 Å². The standard InChI is InChI=1S/C14H21N/c1-3-13-8-10-15(11-9-13)14-7-5-4-6-12(14)2/h4-7,13H,3,8-11H2,1-2H3. The van der Waals surface area contributed by atoms with Crippen LogP contribution in [0.15, 0.2) is 24.3 Å². The minimum absolute atomic E-state index is 0.963. The molecule has 0 amide bonds. The van der Waals surface area contributed by atoms with Crippen LogP contribution >= 0.6 is 0 Å². The average molecular weight is 203 g/mol. The Morgan fingerprint density at radius 3 is 2.47 bits per heavy atom. The van der Waals surface area contributed by atoms with Gasteiger partial charge in [-0.25, -0.2) is 0 Å². The van der Waals surface area contributed by atoms with Crippen LogP contribution in [0.4, 0.5) is 5.69 Å². The molecule has 82 valence electrons. The lowest BCUT2D eigenvalue weighted by atomic mass is 9.94. The van der Waals surface area contributed by atoms with Crippen LogP contribution in [0.5, 0.6) is 0 Å². The topological polar surface area (TPSA) is 3.24 Å². The molecule has 0 aliphatic carbocycles. The first-order valence-electron chi connectivity index (χ1n) is 6.12. The molecular weight excluding hydrogens is 182 g/mol. The Hall–Kier alpha value is -0.980. The third kappa shape index (κ3) is 2.34. The molecule has 15 heavy (non-hydrogen) atoms. The molecule has 0 atom stereocenters. The molecule has 1 heterocycles. The summed E-state index contributed by atoms with van der Waals surface area (Å²) in [6.07, 6.45) is 4.08. The van der Waals surface area contributed by atoms with Gasteiger partial charge in [0.05, 0.1) is 0 Å². The summed E-state index contributed by atoms with van der Waals surface area (Å²) in [6.45, 7) is 7.00. The van der Waals surface area contributed by atoms with Gasteiger partial charge in [-0.2, -0.15) is 0 Å². The minimum atomic E-state index is 0.963. The van der Waals surface area contributed by atoms with Crippen LogP contribution in [0.2, 0.25) is 0 Å². The molecule has 1 fully saturated rings. The van der Waals surface area contributed by atoms with Gasteiger partial charge in [-0.05, 0) is 37.3 Å². The molecule has 2 rings (SSSR count). The van der Waals surface area contributed by atoms with E-state index in [1.165, 1.54) is 43.6 Å². The van der Waals surface area contributed by atoms with Gasteiger partial charge in [-0.3, -0.25) is 0 Å². The summed E-state index contributed by atoms with van der Waals surface area (Å²) in [6, 6.07) is 8.73. The maximum Gasteiger partial charge on any atom is 0.0395 e. The van der Waals surface area contributed by atoms with Crippen molar-refractivity contribution in [3.05, 3.63) is 29.8 Å². The zero-order chi connectivity index (χ0) is 10.7. The van der Waals surface area contributed by atoms with E-state index in [1.54, 1.807) is 0 Å². The molecule has 1 aliphatic rings. The van der Waals surface area contributed by atoms with Gasteiger partial charge in [0, 0.05) is 18.8 Å². The van der Waals surface area contributed by atoms with E-state index in [2.05, 4.69) is 43.0 Å². The van der Waals surface area contributed by atoms with E-state index in [0.29, 0.717) is 0 Å². The first kappa shape index (κ1) is 10.5. The van der Waals surface area contributed by atoms with Gasteiger partial charge in [0.1, 0.15) is 0 Å². The Morgan fingerprint density at radius 1 is 1.20 bits per heavy atom. The second kappa shape index (κ2) is 4.69. The number of aryl methyl sites for hydroxylation is 1. The highest BCUT2D eigenvalue weighted by Gasteiger charge is 2.18. The molecule has 1 saturated heterocycles.